The molecule has 2 fully saturated rings. The molecule has 0 bridgehead atoms. The Morgan fingerprint density at radius 3 is 2.48 bits per heavy atom. The van der Waals surface area contributed by atoms with Crippen LogP contribution in [0.2, 0.25) is 0 Å². The summed E-state index contributed by atoms with van der Waals surface area (Å²) in [5.74, 6) is 0.0860. The third-order valence-corrected chi connectivity index (χ3v) is 5.33. The standard InChI is InChI=1S/C17H24F3N3O2/c1-16(25)8-13(9-16)15(24)23-5-3-11(4-6-23)7-12-10-22(2)21-14(12)17(18,19)20/h10-11,13,25H,3-9H2,1-2H3/t13-,16+. The van der Waals surface area contributed by atoms with E-state index in [1.165, 1.54) is 17.9 Å². The van der Waals surface area contributed by atoms with Crippen LogP contribution in [-0.4, -0.2) is 44.4 Å². The van der Waals surface area contributed by atoms with E-state index in [0.29, 0.717) is 45.2 Å². The van der Waals surface area contributed by atoms with Crippen LogP contribution < -0.4 is 0 Å². The molecule has 0 unspecified atom stereocenters. The Hall–Kier alpha value is -1.57. The van der Waals surface area contributed by atoms with Gasteiger partial charge in [-0.2, -0.15) is 18.3 Å². The lowest BCUT2D eigenvalue weighted by Crippen LogP contribution is -2.51. The molecular weight excluding hydrogens is 335 g/mol. The van der Waals surface area contributed by atoms with Gasteiger partial charge in [-0.25, -0.2) is 0 Å². The number of alkyl halides is 3. The third-order valence-electron chi connectivity index (χ3n) is 5.33. The molecule has 2 heterocycles. The monoisotopic (exact) mass is 359 g/mol. The number of piperidine rings is 1. The molecule has 140 valence electrons. The minimum atomic E-state index is -4.44. The van der Waals surface area contributed by atoms with Crippen molar-refractivity contribution in [2.45, 2.75) is 50.8 Å². The van der Waals surface area contributed by atoms with Crippen LogP contribution in [0.3, 0.4) is 0 Å². The lowest BCUT2D eigenvalue weighted by molar-refractivity contribution is -0.151. The van der Waals surface area contributed by atoms with E-state index in [0.717, 1.165) is 0 Å². The predicted molar refractivity (Wildman–Crippen MR) is 84.6 cm³/mol. The van der Waals surface area contributed by atoms with E-state index in [2.05, 4.69) is 5.10 Å². The SMILES string of the molecule is Cn1cc(CC2CCN(C(=O)[C@H]3C[C@@](C)(O)C3)CC2)c(C(F)(F)F)n1. The van der Waals surface area contributed by atoms with E-state index in [4.69, 9.17) is 0 Å². The van der Waals surface area contributed by atoms with Crippen molar-refractivity contribution in [3.8, 4) is 0 Å². The average Bonchev–Trinajstić information content (AvgIpc) is 2.85. The number of carbonyl (C=O) groups excluding carboxylic acids is 1. The number of rotatable bonds is 3. The molecule has 1 saturated carbocycles. The van der Waals surface area contributed by atoms with E-state index in [9.17, 15) is 23.1 Å². The molecule has 0 spiro atoms. The van der Waals surface area contributed by atoms with E-state index in [1.54, 1.807) is 11.8 Å². The fraction of sp³-hybridized carbons (Fsp3) is 0.765. The summed E-state index contributed by atoms with van der Waals surface area (Å²) in [5.41, 5.74) is -1.30. The van der Waals surface area contributed by atoms with Crippen LogP contribution in [0.4, 0.5) is 13.2 Å². The molecule has 1 amide bonds. The van der Waals surface area contributed by atoms with E-state index < -0.39 is 17.5 Å². The molecular formula is C17H24F3N3O2. The zero-order chi connectivity index (χ0) is 18.4. The zero-order valence-corrected chi connectivity index (χ0v) is 14.5. The Labute approximate surface area is 144 Å². The van der Waals surface area contributed by atoms with Crippen molar-refractivity contribution >= 4 is 5.91 Å². The first-order valence-electron chi connectivity index (χ1n) is 8.66. The van der Waals surface area contributed by atoms with Crippen molar-refractivity contribution in [3.05, 3.63) is 17.5 Å². The summed E-state index contributed by atoms with van der Waals surface area (Å²) >= 11 is 0. The smallest absolute Gasteiger partial charge is 0.390 e. The highest BCUT2D eigenvalue weighted by Crippen LogP contribution is 2.39. The molecule has 1 N–H and O–H groups in total. The Kier molecular flexibility index (Phi) is 4.59. The molecule has 1 aliphatic heterocycles. The second-order valence-corrected chi connectivity index (χ2v) is 7.75. The molecule has 0 radical (unpaired) electrons. The van der Waals surface area contributed by atoms with Crippen LogP contribution in [0, 0.1) is 11.8 Å². The number of hydrogen-bond donors (Lipinski definition) is 1. The number of carbonyl (C=O) groups is 1. The van der Waals surface area contributed by atoms with Gasteiger partial charge in [0.05, 0.1) is 5.60 Å². The minimum absolute atomic E-state index is 0.0716. The van der Waals surface area contributed by atoms with Crippen LogP contribution in [0.1, 0.15) is 43.9 Å². The summed E-state index contributed by atoms with van der Waals surface area (Å²) in [5, 5.41) is 13.3. The molecule has 25 heavy (non-hydrogen) atoms. The maximum atomic E-state index is 13.0. The van der Waals surface area contributed by atoms with Gasteiger partial charge < -0.3 is 10.0 Å². The highest BCUT2D eigenvalue weighted by atomic mass is 19.4. The molecule has 1 aromatic rings. The zero-order valence-electron chi connectivity index (χ0n) is 14.5. The van der Waals surface area contributed by atoms with Crippen LogP contribution in [0.25, 0.3) is 0 Å². The van der Waals surface area contributed by atoms with Crippen LogP contribution in [0.15, 0.2) is 6.20 Å². The topological polar surface area (TPSA) is 58.4 Å². The van der Waals surface area contributed by atoms with Gasteiger partial charge in [0.2, 0.25) is 5.91 Å². The Bertz CT molecular complexity index is 638. The fourth-order valence-corrected chi connectivity index (χ4v) is 4.03. The van der Waals surface area contributed by atoms with Gasteiger partial charge >= 0.3 is 6.18 Å². The quantitative estimate of drug-likeness (QED) is 0.902. The minimum Gasteiger partial charge on any atom is -0.390 e. The van der Waals surface area contributed by atoms with E-state index >= 15 is 0 Å². The Morgan fingerprint density at radius 2 is 1.96 bits per heavy atom. The number of aryl methyl sites for hydroxylation is 1. The predicted octanol–water partition coefficient (Wildman–Crippen LogP) is 2.38. The van der Waals surface area contributed by atoms with Crippen molar-refractivity contribution in [3.63, 3.8) is 0 Å². The van der Waals surface area contributed by atoms with Crippen molar-refractivity contribution in [1.29, 1.82) is 0 Å². The number of hydrogen-bond acceptors (Lipinski definition) is 3. The number of aliphatic hydroxyl groups is 1. The maximum absolute atomic E-state index is 13.0. The first-order chi connectivity index (χ1) is 11.5. The summed E-state index contributed by atoms with van der Waals surface area (Å²) in [6, 6.07) is 0. The van der Waals surface area contributed by atoms with Gasteiger partial charge in [-0.15, -0.1) is 0 Å². The number of likely N-dealkylation sites (tertiary alicyclic amines) is 1. The summed E-state index contributed by atoms with van der Waals surface area (Å²) in [7, 11) is 1.49. The van der Waals surface area contributed by atoms with E-state index in [-0.39, 0.29) is 23.3 Å². The highest BCUT2D eigenvalue weighted by Gasteiger charge is 2.44. The second-order valence-electron chi connectivity index (χ2n) is 7.75. The molecule has 0 aromatic carbocycles. The lowest BCUT2D eigenvalue weighted by Gasteiger charge is -2.43. The molecule has 1 saturated heterocycles. The van der Waals surface area contributed by atoms with Gasteiger partial charge in [0.15, 0.2) is 5.69 Å². The number of aromatic nitrogens is 2. The Balaban J connectivity index is 1.54. The average molecular weight is 359 g/mol. The van der Waals surface area contributed by atoms with Crippen molar-refractivity contribution < 1.29 is 23.1 Å². The Morgan fingerprint density at radius 1 is 1.36 bits per heavy atom. The van der Waals surface area contributed by atoms with Gasteiger partial charge in [-0.05, 0) is 44.9 Å². The number of halogens is 3. The summed E-state index contributed by atoms with van der Waals surface area (Å²) < 4.78 is 40.3. The molecule has 1 aliphatic carbocycles. The van der Waals surface area contributed by atoms with Gasteiger partial charge in [0, 0.05) is 37.8 Å². The number of nitrogens with zero attached hydrogens (tertiary/aromatic N) is 3. The van der Waals surface area contributed by atoms with Gasteiger partial charge in [-0.1, -0.05) is 0 Å². The molecule has 2 aliphatic rings. The van der Waals surface area contributed by atoms with E-state index in [1.807, 2.05) is 0 Å². The molecule has 8 heteroatoms. The maximum Gasteiger partial charge on any atom is 0.435 e. The fourth-order valence-electron chi connectivity index (χ4n) is 4.03. The van der Waals surface area contributed by atoms with Gasteiger partial charge in [-0.3, -0.25) is 9.48 Å². The van der Waals surface area contributed by atoms with Crippen LogP contribution in [-0.2, 0) is 24.4 Å². The van der Waals surface area contributed by atoms with Crippen molar-refractivity contribution in [2.24, 2.45) is 18.9 Å². The molecule has 0 atom stereocenters. The number of amides is 1. The summed E-state index contributed by atoms with van der Waals surface area (Å²) in [4.78, 5) is 14.2. The lowest BCUT2D eigenvalue weighted by atomic mass is 9.71. The first-order valence-corrected chi connectivity index (χ1v) is 8.66. The van der Waals surface area contributed by atoms with Crippen molar-refractivity contribution in [1.82, 2.24) is 14.7 Å². The first kappa shape index (κ1) is 18.2. The van der Waals surface area contributed by atoms with Gasteiger partial charge in [0.1, 0.15) is 0 Å². The summed E-state index contributed by atoms with van der Waals surface area (Å²) in [6.07, 6.45) is -0.275. The van der Waals surface area contributed by atoms with Crippen LogP contribution in [0.5, 0.6) is 0 Å². The van der Waals surface area contributed by atoms with Crippen molar-refractivity contribution in [2.75, 3.05) is 13.1 Å². The highest BCUT2D eigenvalue weighted by molar-refractivity contribution is 5.80. The largest absolute Gasteiger partial charge is 0.435 e. The van der Waals surface area contributed by atoms with Gasteiger partial charge in [0.25, 0.3) is 0 Å². The molecule has 1 aromatic heterocycles. The summed E-state index contributed by atoms with van der Waals surface area (Å²) in [6.45, 7) is 2.88. The normalized spacial score (nSPS) is 28.1. The second kappa shape index (κ2) is 6.30. The van der Waals surface area contributed by atoms with Crippen LogP contribution >= 0.6 is 0 Å². The third kappa shape index (κ3) is 3.99. The molecule has 3 rings (SSSR count). The molecule has 5 nitrogen and oxygen atoms in total.